The third kappa shape index (κ3) is 4.48. The van der Waals surface area contributed by atoms with E-state index in [-0.39, 0.29) is 37.5 Å². The summed E-state index contributed by atoms with van der Waals surface area (Å²) in [6, 6.07) is 9.72. The van der Waals surface area contributed by atoms with E-state index in [1.54, 1.807) is 17.0 Å². The smallest absolute Gasteiger partial charge is 0.253 e. The summed E-state index contributed by atoms with van der Waals surface area (Å²) in [5, 5.41) is 0. The van der Waals surface area contributed by atoms with Crippen molar-refractivity contribution in [2.45, 2.75) is 31.1 Å². The molecule has 29 heavy (non-hydrogen) atoms. The lowest BCUT2D eigenvalue weighted by molar-refractivity contribution is 0.0697. The molecule has 2 aromatic rings. The van der Waals surface area contributed by atoms with Gasteiger partial charge in [-0.3, -0.25) is 4.79 Å². The number of benzene rings is 2. The Balaban J connectivity index is 1.70. The lowest BCUT2D eigenvalue weighted by Crippen LogP contribution is -2.50. The summed E-state index contributed by atoms with van der Waals surface area (Å²) in [5.74, 6) is -2.00. The Bertz CT molecular complexity index is 1010. The minimum absolute atomic E-state index is 0.0180. The monoisotopic (exact) mass is 422 g/mol. The Morgan fingerprint density at radius 2 is 1.52 bits per heavy atom. The van der Waals surface area contributed by atoms with E-state index in [9.17, 15) is 22.0 Å². The molecule has 0 saturated carbocycles. The molecular weight excluding hydrogens is 398 g/mol. The number of amides is 1. The highest BCUT2D eigenvalue weighted by Crippen LogP contribution is 2.24. The Morgan fingerprint density at radius 3 is 2.07 bits per heavy atom. The molecule has 1 saturated heterocycles. The molecule has 0 radical (unpaired) electrons. The maximum absolute atomic E-state index is 13.9. The number of carbonyl (C=O) groups excluding carboxylic acids is 1. The van der Waals surface area contributed by atoms with Crippen LogP contribution in [0.3, 0.4) is 0 Å². The largest absolute Gasteiger partial charge is 0.336 e. The molecule has 1 amide bonds. The second kappa shape index (κ2) is 7.84. The average molecular weight is 422 g/mol. The van der Waals surface area contributed by atoms with Crippen molar-refractivity contribution in [2.75, 3.05) is 26.2 Å². The van der Waals surface area contributed by atoms with Crippen LogP contribution in [0.5, 0.6) is 0 Å². The summed E-state index contributed by atoms with van der Waals surface area (Å²) < 4.78 is 53.7. The minimum atomic E-state index is -4.17. The molecule has 5 nitrogen and oxygen atoms in total. The highest BCUT2D eigenvalue weighted by molar-refractivity contribution is 7.89. The van der Waals surface area contributed by atoms with E-state index < -0.39 is 26.6 Å². The van der Waals surface area contributed by atoms with Gasteiger partial charge in [0.2, 0.25) is 10.0 Å². The van der Waals surface area contributed by atoms with Crippen LogP contribution in [0, 0.1) is 11.6 Å². The van der Waals surface area contributed by atoms with Gasteiger partial charge in [-0.1, -0.05) is 32.9 Å². The van der Waals surface area contributed by atoms with Crippen LogP contribution < -0.4 is 0 Å². The number of piperazine rings is 1. The summed E-state index contributed by atoms with van der Waals surface area (Å²) in [6.07, 6.45) is 0. The molecule has 0 bridgehead atoms. The average Bonchev–Trinajstić information content (AvgIpc) is 2.68. The number of rotatable bonds is 3. The van der Waals surface area contributed by atoms with Gasteiger partial charge in [-0.05, 0) is 41.3 Å². The lowest BCUT2D eigenvalue weighted by atomic mass is 9.86. The minimum Gasteiger partial charge on any atom is -0.336 e. The number of hydrogen-bond acceptors (Lipinski definition) is 3. The summed E-state index contributed by atoms with van der Waals surface area (Å²) >= 11 is 0. The molecule has 1 aliphatic rings. The van der Waals surface area contributed by atoms with Crippen LogP contribution in [0.15, 0.2) is 47.4 Å². The highest BCUT2D eigenvalue weighted by Gasteiger charge is 2.32. The number of sulfonamides is 1. The van der Waals surface area contributed by atoms with Gasteiger partial charge in [0.1, 0.15) is 16.5 Å². The zero-order valence-electron chi connectivity index (χ0n) is 16.7. The van der Waals surface area contributed by atoms with Gasteiger partial charge >= 0.3 is 0 Å². The van der Waals surface area contributed by atoms with Crippen molar-refractivity contribution in [3.8, 4) is 0 Å². The molecule has 3 rings (SSSR count). The van der Waals surface area contributed by atoms with Gasteiger partial charge in [-0.25, -0.2) is 17.2 Å². The van der Waals surface area contributed by atoms with Gasteiger partial charge in [0.15, 0.2) is 0 Å². The van der Waals surface area contributed by atoms with Crippen LogP contribution in [0.25, 0.3) is 0 Å². The number of nitrogens with zero attached hydrogens (tertiary/aromatic N) is 2. The van der Waals surface area contributed by atoms with Gasteiger partial charge in [0.05, 0.1) is 0 Å². The predicted octanol–water partition coefficient (Wildman–Crippen LogP) is 3.41. The van der Waals surface area contributed by atoms with Crippen LogP contribution in [-0.4, -0.2) is 49.7 Å². The molecule has 1 fully saturated rings. The fourth-order valence-corrected chi connectivity index (χ4v) is 4.74. The van der Waals surface area contributed by atoms with E-state index in [2.05, 4.69) is 20.8 Å². The van der Waals surface area contributed by atoms with E-state index in [4.69, 9.17) is 0 Å². The summed E-state index contributed by atoms with van der Waals surface area (Å²) in [7, 11) is -4.17. The Labute approximate surface area is 170 Å². The summed E-state index contributed by atoms with van der Waals surface area (Å²) in [5.41, 5.74) is 1.63. The van der Waals surface area contributed by atoms with Crippen molar-refractivity contribution >= 4 is 15.9 Å². The second-order valence-corrected chi connectivity index (χ2v) is 10.0. The van der Waals surface area contributed by atoms with E-state index in [0.717, 1.165) is 22.0 Å². The molecule has 1 heterocycles. The topological polar surface area (TPSA) is 57.7 Å². The molecule has 2 aromatic carbocycles. The van der Waals surface area contributed by atoms with Gasteiger partial charge in [0.25, 0.3) is 5.91 Å². The first-order chi connectivity index (χ1) is 13.5. The quantitative estimate of drug-likeness (QED) is 0.762. The second-order valence-electron chi connectivity index (χ2n) is 8.10. The van der Waals surface area contributed by atoms with Crippen LogP contribution >= 0.6 is 0 Å². The molecule has 156 valence electrons. The maximum atomic E-state index is 13.9. The number of hydrogen-bond donors (Lipinski definition) is 0. The van der Waals surface area contributed by atoms with Crippen molar-refractivity contribution in [1.82, 2.24) is 9.21 Å². The molecular formula is C21H24F2N2O3S. The normalized spacial score (nSPS) is 16.1. The molecule has 0 N–H and O–H groups in total. The first kappa shape index (κ1) is 21.4. The van der Waals surface area contributed by atoms with Gasteiger partial charge in [0, 0.05) is 31.7 Å². The van der Waals surface area contributed by atoms with E-state index in [0.29, 0.717) is 11.6 Å². The van der Waals surface area contributed by atoms with Crippen molar-refractivity contribution in [3.05, 3.63) is 65.2 Å². The van der Waals surface area contributed by atoms with E-state index in [1.807, 2.05) is 12.1 Å². The standard InChI is InChI=1S/C21H24F2N2O3S/c1-21(2,3)16-6-4-15(5-7-16)20(26)24-10-12-25(13-11-24)29(27,28)19-14-17(22)8-9-18(19)23/h4-9,14H,10-13H2,1-3H3. The highest BCUT2D eigenvalue weighted by atomic mass is 32.2. The Hall–Kier alpha value is -2.32. The van der Waals surface area contributed by atoms with Gasteiger partial charge in [-0.2, -0.15) is 4.31 Å². The Kier molecular flexibility index (Phi) is 5.78. The predicted molar refractivity (Wildman–Crippen MR) is 106 cm³/mol. The molecule has 1 aliphatic heterocycles. The van der Waals surface area contributed by atoms with Crippen LogP contribution in [0.2, 0.25) is 0 Å². The van der Waals surface area contributed by atoms with E-state index in [1.165, 1.54) is 0 Å². The van der Waals surface area contributed by atoms with Crippen LogP contribution in [0.4, 0.5) is 8.78 Å². The SMILES string of the molecule is CC(C)(C)c1ccc(C(=O)N2CCN(S(=O)(=O)c3cc(F)ccc3F)CC2)cc1. The van der Waals surface area contributed by atoms with Crippen molar-refractivity contribution in [1.29, 1.82) is 0 Å². The van der Waals surface area contributed by atoms with E-state index >= 15 is 0 Å². The molecule has 0 spiro atoms. The maximum Gasteiger partial charge on any atom is 0.253 e. The zero-order valence-corrected chi connectivity index (χ0v) is 17.5. The Morgan fingerprint density at radius 1 is 0.931 bits per heavy atom. The molecule has 0 aliphatic carbocycles. The third-order valence-corrected chi connectivity index (χ3v) is 6.95. The third-order valence-electron chi connectivity index (χ3n) is 5.03. The summed E-state index contributed by atoms with van der Waals surface area (Å²) in [6.45, 7) is 6.65. The molecule has 8 heteroatoms. The van der Waals surface area contributed by atoms with Gasteiger partial charge in [-0.15, -0.1) is 0 Å². The summed E-state index contributed by atoms with van der Waals surface area (Å²) in [4.78, 5) is 13.6. The first-order valence-corrected chi connectivity index (χ1v) is 10.8. The van der Waals surface area contributed by atoms with Gasteiger partial charge < -0.3 is 4.90 Å². The molecule has 0 unspecified atom stereocenters. The first-order valence-electron chi connectivity index (χ1n) is 9.35. The molecule has 0 atom stereocenters. The zero-order chi connectivity index (χ0) is 21.4. The molecule has 0 aromatic heterocycles. The fraction of sp³-hybridized carbons (Fsp3) is 0.381. The number of halogens is 2. The van der Waals surface area contributed by atoms with Crippen molar-refractivity contribution in [3.63, 3.8) is 0 Å². The van der Waals surface area contributed by atoms with Crippen LogP contribution in [-0.2, 0) is 15.4 Å². The fourth-order valence-electron chi connectivity index (χ4n) is 3.24. The van der Waals surface area contributed by atoms with Crippen molar-refractivity contribution in [2.24, 2.45) is 0 Å². The van der Waals surface area contributed by atoms with Crippen molar-refractivity contribution < 1.29 is 22.0 Å². The lowest BCUT2D eigenvalue weighted by Gasteiger charge is -2.34. The van der Waals surface area contributed by atoms with Crippen LogP contribution in [0.1, 0.15) is 36.7 Å². The number of carbonyl (C=O) groups is 1.